The van der Waals surface area contributed by atoms with E-state index < -0.39 is 6.17 Å². The maximum Gasteiger partial charge on any atom is 0.145 e. The van der Waals surface area contributed by atoms with Crippen LogP contribution in [0.1, 0.15) is 34.0 Å². The Labute approximate surface area is 340 Å². The van der Waals surface area contributed by atoms with Gasteiger partial charge >= 0.3 is 0 Å². The molecule has 280 valence electrons. The van der Waals surface area contributed by atoms with Crippen LogP contribution in [0, 0.1) is 5.41 Å². The van der Waals surface area contributed by atoms with Crippen LogP contribution in [0.15, 0.2) is 217 Å². The first-order valence-corrected chi connectivity index (χ1v) is 19.4. The number of benzene rings is 8. The van der Waals surface area contributed by atoms with Gasteiger partial charge in [-0.05, 0) is 75.3 Å². The largest absolute Gasteiger partial charge is 0.355 e. The van der Waals surface area contributed by atoms with Crippen molar-refractivity contribution in [2.75, 3.05) is 10.6 Å². The lowest BCUT2D eigenvalue weighted by Crippen LogP contribution is -2.27. The predicted octanol–water partition coefficient (Wildman–Crippen LogP) is 13.4. The van der Waals surface area contributed by atoms with E-state index in [-0.39, 0.29) is 5.84 Å². The molecule has 8 aromatic rings. The lowest BCUT2D eigenvalue weighted by Gasteiger charge is -2.19. The number of rotatable bonds is 13. The lowest BCUT2D eigenvalue weighted by atomic mass is 9.92. The third-order valence-corrected chi connectivity index (χ3v) is 9.82. The summed E-state index contributed by atoms with van der Waals surface area (Å²) in [5.74, 6) is 0.282. The van der Waals surface area contributed by atoms with Gasteiger partial charge in [0.15, 0.2) is 0 Å². The number of nitrogens with one attached hydrogen (secondary N) is 4. The van der Waals surface area contributed by atoms with Crippen LogP contribution in [0.3, 0.4) is 0 Å². The summed E-state index contributed by atoms with van der Waals surface area (Å²) in [5, 5.41) is 19.7. The third kappa shape index (κ3) is 9.36. The van der Waals surface area contributed by atoms with Crippen molar-refractivity contribution in [3.63, 3.8) is 0 Å². The molecule has 0 aliphatic carbocycles. The number of anilines is 4. The van der Waals surface area contributed by atoms with Gasteiger partial charge in [0.2, 0.25) is 0 Å². The fourth-order valence-corrected chi connectivity index (χ4v) is 6.88. The Bertz CT molecular complexity index is 2640. The quantitative estimate of drug-likeness (QED) is 0.0539. The molecule has 0 aromatic heterocycles. The minimum absolute atomic E-state index is 0.282. The molecule has 8 rings (SSSR count). The molecule has 0 spiro atoms. The molecular weight excluding hydrogens is 707 g/mol. The van der Waals surface area contributed by atoms with E-state index in [9.17, 15) is 0 Å². The third-order valence-electron chi connectivity index (χ3n) is 9.82. The van der Waals surface area contributed by atoms with Crippen LogP contribution in [-0.2, 0) is 0 Å². The first-order chi connectivity index (χ1) is 28.7. The molecule has 8 aromatic carbocycles. The first-order valence-electron chi connectivity index (χ1n) is 19.4. The molecule has 0 aliphatic heterocycles. The number of hydrogen-bond donors (Lipinski definition) is 4. The maximum absolute atomic E-state index is 9.12. The van der Waals surface area contributed by atoms with E-state index in [0.29, 0.717) is 0 Å². The van der Waals surface area contributed by atoms with Gasteiger partial charge in [-0.25, -0.2) is 0 Å². The van der Waals surface area contributed by atoms with Crippen LogP contribution in [0.4, 0.5) is 22.7 Å². The topological polar surface area (TPSA) is 72.3 Å². The fourth-order valence-electron chi connectivity index (χ4n) is 6.88. The van der Waals surface area contributed by atoms with E-state index >= 15 is 0 Å². The SMILES string of the molecule is N=C(NC(N=Cc1ccccc1)c1ccccc1)c1cccc(Nc2cccc(-c3ccc(/C=C\c4ccccc4Nc4ccccc4)cc3)c2-c2ccccc2)c1. The van der Waals surface area contributed by atoms with Crippen LogP contribution < -0.4 is 16.0 Å². The van der Waals surface area contributed by atoms with Gasteiger partial charge in [0.25, 0.3) is 0 Å². The van der Waals surface area contributed by atoms with Crippen molar-refractivity contribution in [1.82, 2.24) is 5.32 Å². The molecular formula is C53H43N5. The molecule has 0 heterocycles. The molecule has 0 fully saturated rings. The number of para-hydroxylation sites is 2. The zero-order valence-corrected chi connectivity index (χ0v) is 32.0. The van der Waals surface area contributed by atoms with Gasteiger partial charge in [-0.1, -0.05) is 188 Å². The van der Waals surface area contributed by atoms with Gasteiger partial charge < -0.3 is 16.0 Å². The molecule has 1 unspecified atom stereocenters. The summed E-state index contributed by atoms with van der Waals surface area (Å²) in [5.41, 5.74) is 13.4. The Balaban J connectivity index is 1.04. The highest BCUT2D eigenvalue weighted by molar-refractivity contribution is 5.98. The van der Waals surface area contributed by atoms with Crippen LogP contribution >= 0.6 is 0 Å². The zero-order chi connectivity index (χ0) is 39.4. The van der Waals surface area contributed by atoms with E-state index in [1.165, 1.54) is 0 Å². The number of amidine groups is 1. The van der Waals surface area contributed by atoms with Gasteiger partial charge in [0.05, 0.1) is 0 Å². The smallest absolute Gasteiger partial charge is 0.145 e. The summed E-state index contributed by atoms with van der Waals surface area (Å²) in [6.45, 7) is 0. The number of aliphatic imine (C=N–C) groups is 1. The van der Waals surface area contributed by atoms with E-state index in [1.807, 2.05) is 115 Å². The summed E-state index contributed by atoms with van der Waals surface area (Å²) < 4.78 is 0. The van der Waals surface area contributed by atoms with Gasteiger partial charge in [0.1, 0.15) is 12.0 Å². The second kappa shape index (κ2) is 18.2. The van der Waals surface area contributed by atoms with Crippen molar-refractivity contribution in [1.29, 1.82) is 5.41 Å². The number of hydrogen-bond acceptors (Lipinski definition) is 4. The van der Waals surface area contributed by atoms with Crippen molar-refractivity contribution < 1.29 is 0 Å². The minimum Gasteiger partial charge on any atom is -0.355 e. The van der Waals surface area contributed by atoms with Gasteiger partial charge in [-0.3, -0.25) is 10.4 Å². The number of nitrogens with zero attached hydrogens (tertiary/aromatic N) is 1. The molecule has 0 amide bonds. The monoisotopic (exact) mass is 749 g/mol. The summed E-state index contributed by atoms with van der Waals surface area (Å²) in [7, 11) is 0. The molecule has 0 bridgehead atoms. The van der Waals surface area contributed by atoms with Crippen LogP contribution in [0.25, 0.3) is 34.4 Å². The maximum atomic E-state index is 9.12. The predicted molar refractivity (Wildman–Crippen MR) is 245 cm³/mol. The van der Waals surface area contributed by atoms with Gasteiger partial charge in [-0.2, -0.15) is 0 Å². The van der Waals surface area contributed by atoms with Crippen LogP contribution in [0.2, 0.25) is 0 Å². The van der Waals surface area contributed by atoms with Crippen molar-refractivity contribution in [3.05, 3.63) is 240 Å². The molecule has 0 radical (unpaired) electrons. The second-order valence-electron chi connectivity index (χ2n) is 13.9. The molecule has 5 nitrogen and oxygen atoms in total. The van der Waals surface area contributed by atoms with Crippen molar-refractivity contribution in [3.8, 4) is 22.3 Å². The minimum atomic E-state index is -0.429. The summed E-state index contributed by atoms with van der Waals surface area (Å²) in [4.78, 5) is 4.85. The Hall–Kier alpha value is -7.76. The highest BCUT2D eigenvalue weighted by Gasteiger charge is 2.15. The van der Waals surface area contributed by atoms with Gasteiger partial charge in [0, 0.05) is 40.1 Å². The molecule has 5 heteroatoms. The Kier molecular flexibility index (Phi) is 11.7. The molecule has 0 saturated carbocycles. The molecule has 0 saturated heterocycles. The summed E-state index contributed by atoms with van der Waals surface area (Å²) in [6.07, 6.45) is 5.73. The van der Waals surface area contributed by atoms with Gasteiger partial charge in [-0.15, -0.1) is 0 Å². The molecule has 4 N–H and O–H groups in total. The summed E-state index contributed by atoms with van der Waals surface area (Å²) in [6, 6.07) is 72.2. The van der Waals surface area contributed by atoms with E-state index in [0.717, 1.165) is 72.8 Å². The average molecular weight is 750 g/mol. The highest BCUT2D eigenvalue weighted by Crippen LogP contribution is 2.39. The van der Waals surface area contributed by atoms with E-state index in [2.05, 4.69) is 131 Å². The van der Waals surface area contributed by atoms with Crippen LogP contribution in [-0.4, -0.2) is 12.1 Å². The fraction of sp³-hybridized carbons (Fsp3) is 0.0189. The molecule has 1 atom stereocenters. The zero-order valence-electron chi connectivity index (χ0n) is 32.0. The second-order valence-corrected chi connectivity index (χ2v) is 13.9. The van der Waals surface area contributed by atoms with E-state index in [1.54, 1.807) is 0 Å². The molecule has 58 heavy (non-hydrogen) atoms. The highest BCUT2D eigenvalue weighted by atomic mass is 15.1. The van der Waals surface area contributed by atoms with Crippen molar-refractivity contribution >= 4 is 47.0 Å². The normalized spacial score (nSPS) is 11.7. The van der Waals surface area contributed by atoms with E-state index in [4.69, 9.17) is 10.4 Å². The average Bonchev–Trinajstić information content (AvgIpc) is 3.29. The lowest BCUT2D eigenvalue weighted by molar-refractivity contribution is 0.685. The standard InChI is InChI=1S/C53H43N5/c54-52(58-53(44-22-9-3-10-23-44)55-38-40-17-5-1-6-18-40)45-24-15-27-47(37-45)57-50-30-16-28-48(51(50)43-20-7-2-8-21-43)41-34-31-39(32-35-41)33-36-42-19-13-14-29-49(42)56-46-25-11-4-12-26-46/h1-38,53,56-57H,(H2,54,58)/b36-33-,55-38?. The Morgan fingerprint density at radius 1 is 0.483 bits per heavy atom. The van der Waals surface area contributed by atoms with Crippen molar-refractivity contribution in [2.45, 2.75) is 6.17 Å². The van der Waals surface area contributed by atoms with Crippen molar-refractivity contribution in [2.24, 2.45) is 4.99 Å². The Morgan fingerprint density at radius 2 is 1.09 bits per heavy atom. The van der Waals surface area contributed by atoms with Crippen LogP contribution in [0.5, 0.6) is 0 Å². The Morgan fingerprint density at radius 3 is 1.84 bits per heavy atom. The first kappa shape index (κ1) is 37.2. The summed E-state index contributed by atoms with van der Waals surface area (Å²) >= 11 is 0. The molecule has 0 aliphatic rings.